The highest BCUT2D eigenvalue weighted by atomic mass is 19.4. The van der Waals surface area contributed by atoms with Gasteiger partial charge in [-0.15, -0.1) is 0 Å². The van der Waals surface area contributed by atoms with Gasteiger partial charge in [-0.3, -0.25) is 19.8 Å². The summed E-state index contributed by atoms with van der Waals surface area (Å²) in [6, 6.07) is 16.6. The van der Waals surface area contributed by atoms with Crippen molar-refractivity contribution in [3.8, 4) is 0 Å². The quantitative estimate of drug-likeness (QED) is 0.184. The Hall–Kier alpha value is -3.79. The summed E-state index contributed by atoms with van der Waals surface area (Å²) in [7, 11) is 0. The van der Waals surface area contributed by atoms with Crippen molar-refractivity contribution in [2.75, 3.05) is 19.6 Å². The first kappa shape index (κ1) is 28.2. The van der Waals surface area contributed by atoms with E-state index in [4.69, 9.17) is 0 Å². The molecule has 1 aliphatic rings. The molecule has 0 aliphatic carbocycles. The molecule has 1 saturated heterocycles. The van der Waals surface area contributed by atoms with Crippen LogP contribution in [0.15, 0.2) is 72.8 Å². The summed E-state index contributed by atoms with van der Waals surface area (Å²) >= 11 is 0. The van der Waals surface area contributed by atoms with Crippen molar-refractivity contribution >= 4 is 11.6 Å². The molecule has 206 valence electrons. The van der Waals surface area contributed by atoms with Gasteiger partial charge in [-0.05, 0) is 55.7 Å². The van der Waals surface area contributed by atoms with Gasteiger partial charge in [0, 0.05) is 55.3 Å². The molecular formula is C29H29F4N3O3. The normalized spacial score (nSPS) is 17.9. The van der Waals surface area contributed by atoms with Gasteiger partial charge in [-0.1, -0.05) is 36.4 Å². The van der Waals surface area contributed by atoms with Crippen LogP contribution in [0.2, 0.25) is 0 Å². The van der Waals surface area contributed by atoms with Crippen LogP contribution in [0.3, 0.4) is 0 Å². The van der Waals surface area contributed by atoms with Crippen LogP contribution in [0.1, 0.15) is 46.8 Å². The van der Waals surface area contributed by atoms with E-state index < -0.39 is 22.5 Å². The maximum Gasteiger partial charge on any atom is 0.416 e. The summed E-state index contributed by atoms with van der Waals surface area (Å²) in [5.74, 6) is -1.36. The minimum atomic E-state index is -4.50. The highest BCUT2D eigenvalue weighted by molar-refractivity contribution is 5.94. The largest absolute Gasteiger partial charge is 0.416 e. The molecule has 3 aromatic rings. The fourth-order valence-corrected chi connectivity index (χ4v) is 5.20. The lowest BCUT2D eigenvalue weighted by Gasteiger charge is -2.32. The van der Waals surface area contributed by atoms with Crippen LogP contribution in [0.25, 0.3) is 0 Å². The predicted molar refractivity (Wildman–Crippen MR) is 139 cm³/mol. The molecule has 1 heterocycles. The van der Waals surface area contributed by atoms with Crippen LogP contribution in [-0.2, 0) is 12.7 Å². The van der Waals surface area contributed by atoms with Crippen LogP contribution in [0, 0.1) is 21.8 Å². The fourth-order valence-electron chi connectivity index (χ4n) is 5.20. The number of alkyl halides is 3. The molecule has 1 aliphatic heterocycles. The molecule has 0 saturated carbocycles. The monoisotopic (exact) mass is 543 g/mol. The zero-order valence-electron chi connectivity index (χ0n) is 21.6. The Kier molecular flexibility index (Phi) is 8.34. The number of benzene rings is 3. The number of carbonyl (C=O) groups is 1. The number of nitro benzene ring substituents is 1. The zero-order valence-corrected chi connectivity index (χ0v) is 21.6. The van der Waals surface area contributed by atoms with E-state index in [2.05, 4.69) is 0 Å². The molecule has 39 heavy (non-hydrogen) atoms. The average molecular weight is 544 g/mol. The van der Waals surface area contributed by atoms with Gasteiger partial charge in [0.05, 0.1) is 10.5 Å². The molecule has 2 atom stereocenters. The standard InChI is InChI=1S/C29H29F4N3O3/c1-19(2)35(28(37)20-10-12-25(30)13-11-20)17-23-16-34(15-22-6-3-4-9-27(22)36(38)39)18-26(23)21-7-5-8-24(14-21)29(31,32)33/h3-14,19,23,26H,15-18H2,1-2H3/t23-,26+/m1/s1. The van der Waals surface area contributed by atoms with Crippen molar-refractivity contribution in [2.24, 2.45) is 5.92 Å². The minimum absolute atomic E-state index is 0.0214. The van der Waals surface area contributed by atoms with E-state index in [1.54, 1.807) is 29.2 Å². The van der Waals surface area contributed by atoms with Crippen molar-refractivity contribution in [1.29, 1.82) is 0 Å². The number of para-hydroxylation sites is 1. The molecular weight excluding hydrogens is 514 g/mol. The Morgan fingerprint density at radius 1 is 1.05 bits per heavy atom. The molecule has 0 aromatic heterocycles. The van der Waals surface area contributed by atoms with Crippen molar-refractivity contribution in [3.05, 3.63) is 111 Å². The molecule has 1 fully saturated rings. The first-order valence-electron chi connectivity index (χ1n) is 12.6. The molecule has 6 nitrogen and oxygen atoms in total. The molecule has 1 amide bonds. The van der Waals surface area contributed by atoms with E-state index in [-0.39, 0.29) is 42.6 Å². The Morgan fingerprint density at radius 3 is 2.38 bits per heavy atom. The second kappa shape index (κ2) is 11.5. The van der Waals surface area contributed by atoms with E-state index in [9.17, 15) is 32.5 Å². The summed E-state index contributed by atoms with van der Waals surface area (Å²) in [6.07, 6.45) is -4.50. The number of halogens is 4. The lowest BCUT2D eigenvalue weighted by atomic mass is 9.87. The van der Waals surface area contributed by atoms with E-state index in [0.717, 1.165) is 12.1 Å². The maximum atomic E-state index is 13.5. The Morgan fingerprint density at radius 2 is 1.74 bits per heavy atom. The summed E-state index contributed by atoms with van der Waals surface area (Å²) < 4.78 is 54.0. The van der Waals surface area contributed by atoms with Crippen molar-refractivity contribution < 1.29 is 27.3 Å². The maximum absolute atomic E-state index is 13.5. The molecule has 4 rings (SSSR count). The third kappa shape index (κ3) is 6.62. The predicted octanol–water partition coefficient (Wildman–Crippen LogP) is 6.52. The van der Waals surface area contributed by atoms with Gasteiger partial charge >= 0.3 is 6.18 Å². The Bertz CT molecular complexity index is 1330. The summed E-state index contributed by atoms with van der Waals surface area (Å²) in [5.41, 5.74) is 0.549. The van der Waals surface area contributed by atoms with E-state index in [1.807, 2.05) is 18.7 Å². The molecule has 10 heteroatoms. The summed E-state index contributed by atoms with van der Waals surface area (Å²) in [4.78, 5) is 28.1. The molecule has 0 N–H and O–H groups in total. The lowest BCUT2D eigenvalue weighted by molar-refractivity contribution is -0.385. The van der Waals surface area contributed by atoms with Gasteiger partial charge in [0.2, 0.25) is 0 Å². The SMILES string of the molecule is CC(C)N(C[C@H]1CN(Cc2ccccc2[N+](=O)[O-])C[C@H]1c1cccc(C(F)(F)F)c1)C(=O)c1ccc(F)cc1. The van der Waals surface area contributed by atoms with E-state index >= 15 is 0 Å². The van der Waals surface area contributed by atoms with Crippen molar-refractivity contribution in [3.63, 3.8) is 0 Å². The summed E-state index contributed by atoms with van der Waals surface area (Å²) in [6.45, 7) is 4.99. The van der Waals surface area contributed by atoms with Crippen LogP contribution in [-0.4, -0.2) is 46.3 Å². The van der Waals surface area contributed by atoms with Gasteiger partial charge in [0.25, 0.3) is 11.6 Å². The number of hydrogen-bond acceptors (Lipinski definition) is 4. The van der Waals surface area contributed by atoms with Gasteiger partial charge in [0.1, 0.15) is 5.82 Å². The number of carbonyl (C=O) groups excluding carboxylic acids is 1. The van der Waals surface area contributed by atoms with Crippen LogP contribution in [0.4, 0.5) is 23.2 Å². The first-order chi connectivity index (χ1) is 18.4. The number of amides is 1. The number of likely N-dealkylation sites (tertiary alicyclic amines) is 1. The molecule has 0 radical (unpaired) electrons. The van der Waals surface area contributed by atoms with Crippen molar-refractivity contribution in [1.82, 2.24) is 9.80 Å². The van der Waals surface area contributed by atoms with Gasteiger partial charge < -0.3 is 4.90 Å². The zero-order chi connectivity index (χ0) is 28.3. The molecule has 0 spiro atoms. The number of nitro groups is 1. The Balaban J connectivity index is 1.65. The second-order valence-electron chi connectivity index (χ2n) is 10.1. The van der Waals surface area contributed by atoms with Crippen molar-refractivity contribution in [2.45, 2.75) is 38.5 Å². The molecule has 3 aromatic carbocycles. The topological polar surface area (TPSA) is 66.7 Å². The first-order valence-corrected chi connectivity index (χ1v) is 12.6. The van der Waals surface area contributed by atoms with Crippen LogP contribution < -0.4 is 0 Å². The highest BCUT2D eigenvalue weighted by Crippen LogP contribution is 2.38. The van der Waals surface area contributed by atoms with Gasteiger partial charge in [-0.2, -0.15) is 13.2 Å². The number of hydrogen-bond donors (Lipinski definition) is 0. The minimum Gasteiger partial charge on any atom is -0.336 e. The number of rotatable bonds is 8. The van der Waals surface area contributed by atoms with E-state index in [0.29, 0.717) is 29.8 Å². The lowest BCUT2D eigenvalue weighted by Crippen LogP contribution is -2.42. The van der Waals surface area contributed by atoms with Crippen LogP contribution in [0.5, 0.6) is 0 Å². The third-order valence-electron chi connectivity index (χ3n) is 7.15. The number of nitrogens with zero attached hydrogens (tertiary/aromatic N) is 3. The third-order valence-corrected chi connectivity index (χ3v) is 7.15. The van der Waals surface area contributed by atoms with Gasteiger partial charge in [-0.25, -0.2) is 4.39 Å². The molecule has 0 bridgehead atoms. The van der Waals surface area contributed by atoms with E-state index in [1.165, 1.54) is 36.4 Å². The second-order valence-corrected chi connectivity index (χ2v) is 10.1. The summed E-state index contributed by atoms with van der Waals surface area (Å²) in [5, 5.41) is 11.5. The molecule has 0 unspecified atom stereocenters. The van der Waals surface area contributed by atoms with Crippen LogP contribution >= 0.6 is 0 Å². The Labute approximate surface area is 224 Å². The smallest absolute Gasteiger partial charge is 0.336 e. The fraction of sp³-hybridized carbons (Fsp3) is 0.345. The van der Waals surface area contributed by atoms with Gasteiger partial charge in [0.15, 0.2) is 0 Å². The highest BCUT2D eigenvalue weighted by Gasteiger charge is 2.38. The average Bonchev–Trinajstić information content (AvgIpc) is 3.29.